The van der Waals surface area contributed by atoms with Crippen molar-refractivity contribution in [3.63, 3.8) is 0 Å². The third kappa shape index (κ3) is 6.59. The SMILES string of the molecule is CCCCOc1ccc([C@H](CC(=O)c2ccc(C)cc2)Nc2ccc(I)cc2)cc1. The van der Waals surface area contributed by atoms with Crippen molar-refractivity contribution < 1.29 is 9.53 Å². The van der Waals surface area contributed by atoms with Gasteiger partial charge >= 0.3 is 0 Å². The summed E-state index contributed by atoms with van der Waals surface area (Å²) >= 11 is 2.29. The van der Waals surface area contributed by atoms with Gasteiger partial charge in [-0.1, -0.05) is 55.3 Å². The second-order valence-corrected chi connectivity index (χ2v) is 8.71. The van der Waals surface area contributed by atoms with Crippen LogP contribution < -0.4 is 10.1 Å². The maximum absolute atomic E-state index is 13.0. The summed E-state index contributed by atoms with van der Waals surface area (Å²) in [5.41, 5.74) is 3.96. The summed E-state index contributed by atoms with van der Waals surface area (Å²) in [6, 6.07) is 24.0. The molecule has 3 aromatic carbocycles. The number of hydrogen-bond acceptors (Lipinski definition) is 3. The van der Waals surface area contributed by atoms with Crippen molar-refractivity contribution >= 4 is 34.1 Å². The molecule has 1 N–H and O–H groups in total. The summed E-state index contributed by atoms with van der Waals surface area (Å²) in [5, 5.41) is 3.54. The average molecular weight is 513 g/mol. The molecule has 0 unspecified atom stereocenters. The van der Waals surface area contributed by atoms with Gasteiger partial charge in [-0.25, -0.2) is 0 Å². The molecule has 0 aliphatic carbocycles. The van der Waals surface area contributed by atoms with Gasteiger partial charge in [0.2, 0.25) is 0 Å². The summed E-state index contributed by atoms with van der Waals surface area (Å²) in [6.07, 6.45) is 2.54. The van der Waals surface area contributed by atoms with E-state index < -0.39 is 0 Å². The lowest BCUT2D eigenvalue weighted by atomic mass is 9.97. The summed E-state index contributed by atoms with van der Waals surface area (Å²) in [6.45, 7) is 4.91. The molecule has 0 fully saturated rings. The highest BCUT2D eigenvalue weighted by molar-refractivity contribution is 14.1. The highest BCUT2D eigenvalue weighted by Gasteiger charge is 2.18. The molecule has 3 rings (SSSR count). The van der Waals surface area contributed by atoms with Crippen molar-refractivity contribution in [1.82, 2.24) is 0 Å². The first-order chi connectivity index (χ1) is 14.5. The normalized spacial score (nSPS) is 11.7. The molecular formula is C26H28INO2. The number of hydrogen-bond donors (Lipinski definition) is 1. The molecule has 0 bridgehead atoms. The Balaban J connectivity index is 1.78. The van der Waals surface area contributed by atoms with Crippen LogP contribution >= 0.6 is 22.6 Å². The lowest BCUT2D eigenvalue weighted by Crippen LogP contribution is -2.16. The number of anilines is 1. The number of carbonyl (C=O) groups excluding carboxylic acids is 1. The minimum absolute atomic E-state index is 0.122. The molecule has 0 radical (unpaired) electrons. The van der Waals surface area contributed by atoms with Crippen LogP contribution in [-0.4, -0.2) is 12.4 Å². The van der Waals surface area contributed by atoms with Gasteiger partial charge in [-0.05, 0) is 77.9 Å². The number of carbonyl (C=O) groups is 1. The second-order valence-electron chi connectivity index (χ2n) is 7.47. The zero-order valence-corrected chi connectivity index (χ0v) is 19.7. The molecule has 0 spiro atoms. The molecule has 0 aliphatic heterocycles. The first-order valence-electron chi connectivity index (χ1n) is 10.4. The van der Waals surface area contributed by atoms with Crippen LogP contribution in [0.15, 0.2) is 72.8 Å². The van der Waals surface area contributed by atoms with Crippen molar-refractivity contribution in [2.24, 2.45) is 0 Å². The molecule has 0 saturated carbocycles. The molecule has 3 nitrogen and oxygen atoms in total. The van der Waals surface area contributed by atoms with Crippen molar-refractivity contribution in [2.45, 2.75) is 39.2 Å². The quantitative estimate of drug-likeness (QED) is 0.177. The van der Waals surface area contributed by atoms with Crippen molar-refractivity contribution in [3.8, 4) is 5.75 Å². The third-order valence-electron chi connectivity index (χ3n) is 5.00. The van der Waals surface area contributed by atoms with E-state index >= 15 is 0 Å². The average Bonchev–Trinajstić information content (AvgIpc) is 2.76. The highest BCUT2D eigenvalue weighted by Crippen LogP contribution is 2.27. The summed E-state index contributed by atoms with van der Waals surface area (Å²) in [5.74, 6) is 0.992. The zero-order chi connectivity index (χ0) is 21.3. The number of aryl methyl sites for hydroxylation is 1. The fourth-order valence-electron chi connectivity index (χ4n) is 3.17. The molecule has 0 aromatic heterocycles. The monoisotopic (exact) mass is 513 g/mol. The molecule has 156 valence electrons. The number of nitrogens with one attached hydrogen (secondary N) is 1. The Morgan fingerprint density at radius 1 is 0.967 bits per heavy atom. The van der Waals surface area contributed by atoms with E-state index in [1.807, 2.05) is 67.6 Å². The molecule has 1 atom stereocenters. The Kier molecular flexibility index (Phi) is 8.31. The van der Waals surface area contributed by atoms with Crippen LogP contribution in [0.2, 0.25) is 0 Å². The highest BCUT2D eigenvalue weighted by atomic mass is 127. The van der Waals surface area contributed by atoms with Crippen LogP contribution in [-0.2, 0) is 0 Å². The van der Waals surface area contributed by atoms with Crippen molar-refractivity contribution in [3.05, 3.63) is 93.1 Å². The number of rotatable bonds is 10. The molecule has 0 aliphatic rings. The van der Waals surface area contributed by atoms with Crippen LogP contribution in [0.5, 0.6) is 5.75 Å². The van der Waals surface area contributed by atoms with Crippen LogP contribution in [0.1, 0.15) is 53.7 Å². The predicted molar refractivity (Wildman–Crippen MR) is 132 cm³/mol. The smallest absolute Gasteiger partial charge is 0.165 e. The minimum atomic E-state index is -0.122. The minimum Gasteiger partial charge on any atom is -0.494 e. The number of halogens is 1. The predicted octanol–water partition coefficient (Wildman–Crippen LogP) is 7.20. The van der Waals surface area contributed by atoms with E-state index in [0.29, 0.717) is 6.42 Å². The van der Waals surface area contributed by atoms with Gasteiger partial charge in [-0.15, -0.1) is 0 Å². The van der Waals surface area contributed by atoms with Gasteiger partial charge < -0.3 is 10.1 Å². The lowest BCUT2D eigenvalue weighted by Gasteiger charge is -2.21. The van der Waals surface area contributed by atoms with Crippen LogP contribution in [0.3, 0.4) is 0 Å². The van der Waals surface area contributed by atoms with Crippen LogP contribution in [0.25, 0.3) is 0 Å². The summed E-state index contributed by atoms with van der Waals surface area (Å²) < 4.78 is 6.97. The molecular weight excluding hydrogens is 485 g/mol. The first kappa shape index (κ1) is 22.3. The lowest BCUT2D eigenvalue weighted by molar-refractivity contribution is 0.0976. The molecule has 0 saturated heterocycles. The second kappa shape index (κ2) is 11.2. The van der Waals surface area contributed by atoms with Crippen molar-refractivity contribution in [2.75, 3.05) is 11.9 Å². The van der Waals surface area contributed by atoms with E-state index in [1.54, 1.807) is 0 Å². The molecule has 0 heterocycles. The largest absolute Gasteiger partial charge is 0.494 e. The van der Waals surface area contributed by atoms with E-state index in [0.717, 1.165) is 47.6 Å². The zero-order valence-electron chi connectivity index (χ0n) is 17.5. The molecule has 4 heteroatoms. The van der Waals surface area contributed by atoms with Gasteiger partial charge in [0.1, 0.15) is 5.75 Å². The number of ether oxygens (including phenoxy) is 1. The number of Topliss-reactive ketones (excluding diaryl/α,β-unsaturated/α-hetero) is 1. The van der Waals surface area contributed by atoms with Gasteiger partial charge in [-0.2, -0.15) is 0 Å². The number of benzene rings is 3. The van der Waals surface area contributed by atoms with E-state index in [9.17, 15) is 4.79 Å². The van der Waals surface area contributed by atoms with Gasteiger partial charge in [0.05, 0.1) is 12.6 Å². The Bertz CT molecular complexity index is 934. The van der Waals surface area contributed by atoms with Crippen LogP contribution in [0.4, 0.5) is 5.69 Å². The fourth-order valence-corrected chi connectivity index (χ4v) is 3.53. The Morgan fingerprint density at radius 3 is 2.27 bits per heavy atom. The fraction of sp³-hybridized carbons (Fsp3) is 0.269. The van der Waals surface area contributed by atoms with E-state index in [2.05, 4.69) is 47.0 Å². The first-order valence-corrected chi connectivity index (χ1v) is 11.5. The molecule has 0 amide bonds. The Labute approximate surface area is 193 Å². The third-order valence-corrected chi connectivity index (χ3v) is 5.72. The number of ketones is 1. The summed E-state index contributed by atoms with van der Waals surface area (Å²) in [7, 11) is 0. The van der Waals surface area contributed by atoms with Gasteiger partial charge in [0.25, 0.3) is 0 Å². The Morgan fingerprint density at radius 2 is 1.63 bits per heavy atom. The standard InChI is InChI=1S/C26H28INO2/c1-3-4-17-30-24-15-9-20(10-16-24)25(28-23-13-11-22(27)12-14-23)18-26(29)21-7-5-19(2)6-8-21/h5-16,25,28H,3-4,17-18H2,1-2H3/t25-/m0/s1. The molecule has 3 aromatic rings. The van der Waals surface area contributed by atoms with Gasteiger partial charge in [-0.3, -0.25) is 4.79 Å². The maximum atomic E-state index is 13.0. The van der Waals surface area contributed by atoms with Crippen LogP contribution in [0, 0.1) is 10.5 Å². The Hall–Kier alpha value is -2.34. The maximum Gasteiger partial charge on any atom is 0.165 e. The van der Waals surface area contributed by atoms with Crippen molar-refractivity contribution in [1.29, 1.82) is 0 Å². The van der Waals surface area contributed by atoms with E-state index in [-0.39, 0.29) is 11.8 Å². The van der Waals surface area contributed by atoms with Gasteiger partial charge in [0.15, 0.2) is 5.78 Å². The van der Waals surface area contributed by atoms with Gasteiger partial charge in [0, 0.05) is 21.2 Å². The molecule has 30 heavy (non-hydrogen) atoms. The van der Waals surface area contributed by atoms with E-state index in [4.69, 9.17) is 4.74 Å². The summed E-state index contributed by atoms with van der Waals surface area (Å²) in [4.78, 5) is 13.0. The topological polar surface area (TPSA) is 38.3 Å². The van der Waals surface area contributed by atoms with E-state index in [1.165, 1.54) is 3.57 Å². The number of unbranched alkanes of at least 4 members (excludes halogenated alkanes) is 1.